The van der Waals surface area contributed by atoms with E-state index in [2.05, 4.69) is 10.3 Å². The second kappa shape index (κ2) is 5.45. The van der Waals surface area contributed by atoms with Crippen LogP contribution in [-0.4, -0.2) is 26.9 Å². The number of nitro groups is 1. The number of nitrogens with zero attached hydrogens (tertiary/aromatic N) is 2. The highest BCUT2D eigenvalue weighted by molar-refractivity contribution is 7.14. The van der Waals surface area contributed by atoms with Gasteiger partial charge in [0.25, 0.3) is 11.6 Å². The van der Waals surface area contributed by atoms with Crippen molar-refractivity contribution in [2.75, 3.05) is 5.32 Å². The van der Waals surface area contributed by atoms with Crippen LogP contribution < -0.4 is 5.32 Å². The van der Waals surface area contributed by atoms with Crippen molar-refractivity contribution in [2.45, 2.75) is 0 Å². The number of carbonyl (C=O) groups excluding carboxylic acids is 1. The van der Waals surface area contributed by atoms with E-state index in [1.54, 1.807) is 0 Å². The highest BCUT2D eigenvalue weighted by atomic mass is 32.1. The number of non-ortho nitro benzene ring substituents is 1. The maximum Gasteiger partial charge on any atom is 0.355 e. The van der Waals surface area contributed by atoms with Crippen molar-refractivity contribution in [1.29, 1.82) is 0 Å². The van der Waals surface area contributed by atoms with Crippen molar-refractivity contribution < 1.29 is 19.6 Å². The number of amides is 1. The highest BCUT2D eigenvalue weighted by Gasteiger charge is 2.13. The standard InChI is InChI=1S/C11H7N3O5S/c15-9(6-1-3-7(4-2-6)14(18)19)13-11-12-8(5-20-11)10(16)17/h1-5H,(H,16,17)(H,12,13,15). The predicted octanol–water partition coefficient (Wildman–Crippen LogP) is 2.00. The fourth-order valence-corrected chi connectivity index (χ4v) is 2.01. The fraction of sp³-hybridized carbons (Fsp3) is 0. The Labute approximate surface area is 115 Å². The van der Waals surface area contributed by atoms with Gasteiger partial charge in [0.2, 0.25) is 0 Å². The first-order valence-electron chi connectivity index (χ1n) is 5.22. The maximum atomic E-state index is 11.8. The molecule has 0 saturated carbocycles. The molecule has 0 aliphatic carbocycles. The van der Waals surface area contributed by atoms with Crippen molar-refractivity contribution in [3.63, 3.8) is 0 Å². The van der Waals surface area contributed by atoms with Crippen molar-refractivity contribution >= 4 is 34.0 Å². The van der Waals surface area contributed by atoms with Crippen molar-refractivity contribution in [3.8, 4) is 0 Å². The SMILES string of the molecule is O=C(Nc1nc(C(=O)O)cs1)c1ccc([N+](=O)[O-])cc1. The third-order valence-electron chi connectivity index (χ3n) is 2.28. The number of carboxylic acids is 1. The summed E-state index contributed by atoms with van der Waals surface area (Å²) in [5.41, 5.74) is -0.0689. The zero-order valence-corrected chi connectivity index (χ0v) is 10.6. The number of nitro benzene ring substituents is 1. The summed E-state index contributed by atoms with van der Waals surface area (Å²) < 4.78 is 0. The number of aromatic carboxylic acids is 1. The summed E-state index contributed by atoms with van der Waals surface area (Å²) in [6.07, 6.45) is 0. The zero-order chi connectivity index (χ0) is 14.7. The van der Waals surface area contributed by atoms with Gasteiger partial charge in [0.05, 0.1) is 4.92 Å². The average Bonchev–Trinajstić information content (AvgIpc) is 2.87. The average molecular weight is 293 g/mol. The van der Waals surface area contributed by atoms with Crippen LogP contribution in [0.15, 0.2) is 29.6 Å². The van der Waals surface area contributed by atoms with Gasteiger partial charge in [0, 0.05) is 23.1 Å². The number of carbonyl (C=O) groups is 2. The molecule has 9 heteroatoms. The molecule has 2 N–H and O–H groups in total. The summed E-state index contributed by atoms with van der Waals surface area (Å²) in [6, 6.07) is 5.03. The lowest BCUT2D eigenvalue weighted by Crippen LogP contribution is -2.12. The van der Waals surface area contributed by atoms with E-state index < -0.39 is 16.8 Å². The van der Waals surface area contributed by atoms with Crippen LogP contribution in [0.1, 0.15) is 20.8 Å². The summed E-state index contributed by atoms with van der Waals surface area (Å²) in [6.45, 7) is 0. The van der Waals surface area contributed by atoms with Gasteiger partial charge in [-0.25, -0.2) is 9.78 Å². The van der Waals surface area contributed by atoms with Gasteiger partial charge in [-0.3, -0.25) is 20.2 Å². The molecule has 0 unspecified atom stereocenters. The molecule has 0 aliphatic rings. The molecule has 1 aromatic carbocycles. The number of thiazole rings is 1. The molecular formula is C11H7N3O5S. The van der Waals surface area contributed by atoms with E-state index >= 15 is 0 Å². The molecule has 0 aliphatic heterocycles. The molecule has 1 aromatic heterocycles. The molecule has 0 atom stereocenters. The normalized spacial score (nSPS) is 10.0. The van der Waals surface area contributed by atoms with Crippen LogP contribution in [0.4, 0.5) is 10.8 Å². The summed E-state index contributed by atoms with van der Waals surface area (Å²) in [4.78, 5) is 36.1. The number of rotatable bonds is 4. The van der Waals surface area contributed by atoms with E-state index in [4.69, 9.17) is 5.11 Å². The Bertz CT molecular complexity index is 680. The van der Waals surface area contributed by atoms with Gasteiger partial charge in [-0.2, -0.15) is 0 Å². The van der Waals surface area contributed by atoms with Crippen LogP contribution in [-0.2, 0) is 0 Å². The summed E-state index contributed by atoms with van der Waals surface area (Å²) in [5, 5.41) is 23.0. The van der Waals surface area contributed by atoms with Crippen LogP contribution in [0.2, 0.25) is 0 Å². The Morgan fingerprint density at radius 3 is 2.45 bits per heavy atom. The molecular weight excluding hydrogens is 286 g/mol. The third-order valence-corrected chi connectivity index (χ3v) is 3.04. The zero-order valence-electron chi connectivity index (χ0n) is 9.77. The molecule has 20 heavy (non-hydrogen) atoms. The van der Waals surface area contributed by atoms with Crippen molar-refractivity contribution in [1.82, 2.24) is 4.98 Å². The minimum Gasteiger partial charge on any atom is -0.476 e. The molecule has 0 saturated heterocycles. The second-order valence-corrected chi connectivity index (χ2v) is 4.46. The first-order valence-corrected chi connectivity index (χ1v) is 6.10. The summed E-state index contributed by atoms with van der Waals surface area (Å²) >= 11 is 0.977. The minimum absolute atomic E-state index is 0.121. The maximum absolute atomic E-state index is 11.8. The molecule has 0 bridgehead atoms. The van der Waals surface area contributed by atoms with E-state index in [9.17, 15) is 19.7 Å². The van der Waals surface area contributed by atoms with Gasteiger partial charge < -0.3 is 5.11 Å². The predicted molar refractivity (Wildman–Crippen MR) is 70.1 cm³/mol. The van der Waals surface area contributed by atoms with E-state index in [1.807, 2.05) is 0 Å². The molecule has 1 heterocycles. The second-order valence-electron chi connectivity index (χ2n) is 3.60. The number of hydrogen-bond acceptors (Lipinski definition) is 6. The van der Waals surface area contributed by atoms with E-state index in [0.717, 1.165) is 11.3 Å². The monoisotopic (exact) mass is 293 g/mol. The minimum atomic E-state index is -1.18. The lowest BCUT2D eigenvalue weighted by atomic mass is 10.2. The first kappa shape index (κ1) is 13.6. The van der Waals surface area contributed by atoms with E-state index in [1.165, 1.54) is 29.6 Å². The molecule has 2 aromatic rings. The number of hydrogen-bond donors (Lipinski definition) is 2. The number of carboxylic acid groups (broad SMARTS) is 1. The van der Waals surface area contributed by atoms with Gasteiger partial charge in [0.1, 0.15) is 0 Å². The van der Waals surface area contributed by atoms with Crippen LogP contribution in [0, 0.1) is 10.1 Å². The smallest absolute Gasteiger partial charge is 0.355 e. The molecule has 8 nitrogen and oxygen atoms in total. The van der Waals surface area contributed by atoms with Gasteiger partial charge in [-0.15, -0.1) is 11.3 Å². The number of aromatic nitrogens is 1. The van der Waals surface area contributed by atoms with Gasteiger partial charge >= 0.3 is 5.97 Å². The quantitative estimate of drug-likeness (QED) is 0.656. The first-order chi connectivity index (χ1) is 9.47. The molecule has 102 valence electrons. The van der Waals surface area contributed by atoms with Crippen LogP contribution in [0.25, 0.3) is 0 Å². The van der Waals surface area contributed by atoms with E-state index in [-0.39, 0.29) is 22.1 Å². The Balaban J connectivity index is 2.11. The highest BCUT2D eigenvalue weighted by Crippen LogP contribution is 2.17. The van der Waals surface area contributed by atoms with Crippen LogP contribution >= 0.6 is 11.3 Å². The lowest BCUT2D eigenvalue weighted by Gasteiger charge is -2.01. The lowest BCUT2D eigenvalue weighted by molar-refractivity contribution is -0.384. The number of anilines is 1. The number of benzene rings is 1. The Morgan fingerprint density at radius 2 is 1.95 bits per heavy atom. The molecule has 0 fully saturated rings. The summed E-state index contributed by atoms with van der Waals surface area (Å²) in [7, 11) is 0. The van der Waals surface area contributed by atoms with Gasteiger partial charge in [-0.05, 0) is 12.1 Å². The summed E-state index contributed by atoms with van der Waals surface area (Å²) in [5.74, 6) is -1.71. The molecule has 0 spiro atoms. The topological polar surface area (TPSA) is 122 Å². The molecule has 2 rings (SSSR count). The Kier molecular flexibility index (Phi) is 3.71. The van der Waals surface area contributed by atoms with E-state index in [0.29, 0.717) is 0 Å². The largest absolute Gasteiger partial charge is 0.476 e. The Morgan fingerprint density at radius 1 is 1.30 bits per heavy atom. The molecule has 0 radical (unpaired) electrons. The van der Waals surface area contributed by atoms with Crippen molar-refractivity contribution in [2.24, 2.45) is 0 Å². The van der Waals surface area contributed by atoms with Crippen LogP contribution in [0.3, 0.4) is 0 Å². The van der Waals surface area contributed by atoms with Crippen LogP contribution in [0.5, 0.6) is 0 Å². The third kappa shape index (κ3) is 2.95. The van der Waals surface area contributed by atoms with Gasteiger partial charge in [-0.1, -0.05) is 0 Å². The number of nitrogens with one attached hydrogen (secondary N) is 1. The Hall–Kier alpha value is -2.81. The molecule has 1 amide bonds. The van der Waals surface area contributed by atoms with Crippen molar-refractivity contribution in [3.05, 3.63) is 51.0 Å². The van der Waals surface area contributed by atoms with Gasteiger partial charge in [0.15, 0.2) is 10.8 Å². The fourth-order valence-electron chi connectivity index (χ4n) is 1.33.